The van der Waals surface area contributed by atoms with Gasteiger partial charge in [-0.2, -0.15) is 0 Å². The Labute approximate surface area is 124 Å². The average molecular weight is 281 g/mol. The molecule has 0 saturated heterocycles. The summed E-state index contributed by atoms with van der Waals surface area (Å²) in [6.45, 7) is 5.61. The first-order valence-corrected chi connectivity index (χ1v) is 7.26. The van der Waals surface area contributed by atoms with E-state index in [1.54, 1.807) is 0 Å². The van der Waals surface area contributed by atoms with E-state index in [0.29, 0.717) is 6.54 Å². The summed E-state index contributed by atoms with van der Waals surface area (Å²) in [5.74, 6) is 0.922. The van der Waals surface area contributed by atoms with E-state index in [9.17, 15) is 0 Å². The van der Waals surface area contributed by atoms with Crippen LogP contribution in [0, 0.1) is 6.92 Å². The standard InChI is InChI=1S/C17H19N3O/c1-3-10-21-17-8-9-18-15(13(17)2)11-20-12-19-14-6-4-5-7-16(14)20/h4-9,12H,3,10-11H2,1-2H3. The normalized spacial score (nSPS) is 11.0. The highest BCUT2D eigenvalue weighted by Crippen LogP contribution is 2.21. The van der Waals surface area contributed by atoms with Crippen molar-refractivity contribution in [1.82, 2.24) is 14.5 Å². The second kappa shape index (κ2) is 5.95. The highest BCUT2D eigenvalue weighted by molar-refractivity contribution is 5.75. The molecule has 4 heteroatoms. The van der Waals surface area contributed by atoms with Gasteiger partial charge in [0.25, 0.3) is 0 Å². The van der Waals surface area contributed by atoms with Gasteiger partial charge in [-0.3, -0.25) is 4.98 Å². The molecule has 0 N–H and O–H groups in total. The van der Waals surface area contributed by atoms with Gasteiger partial charge in [0.05, 0.1) is 36.2 Å². The van der Waals surface area contributed by atoms with Crippen molar-refractivity contribution < 1.29 is 4.74 Å². The van der Waals surface area contributed by atoms with Crippen LogP contribution in [-0.4, -0.2) is 21.1 Å². The molecule has 2 heterocycles. The first-order valence-electron chi connectivity index (χ1n) is 7.26. The number of para-hydroxylation sites is 2. The lowest BCUT2D eigenvalue weighted by Gasteiger charge is -2.12. The first kappa shape index (κ1) is 13.6. The third kappa shape index (κ3) is 2.75. The van der Waals surface area contributed by atoms with Crippen LogP contribution in [0.4, 0.5) is 0 Å². The molecule has 3 aromatic rings. The molecule has 0 aliphatic carbocycles. The van der Waals surface area contributed by atoms with Crippen LogP contribution in [-0.2, 0) is 6.54 Å². The van der Waals surface area contributed by atoms with Gasteiger partial charge in [0.2, 0.25) is 0 Å². The summed E-state index contributed by atoms with van der Waals surface area (Å²) < 4.78 is 7.89. The fourth-order valence-corrected chi connectivity index (χ4v) is 2.38. The molecule has 108 valence electrons. The first-order chi connectivity index (χ1) is 10.3. The molecule has 0 radical (unpaired) electrons. The Morgan fingerprint density at radius 1 is 1.14 bits per heavy atom. The van der Waals surface area contributed by atoms with Crippen molar-refractivity contribution in [2.75, 3.05) is 6.61 Å². The molecule has 0 unspecified atom stereocenters. The second-order valence-corrected chi connectivity index (χ2v) is 5.09. The van der Waals surface area contributed by atoms with Gasteiger partial charge < -0.3 is 9.30 Å². The van der Waals surface area contributed by atoms with Gasteiger partial charge in [0, 0.05) is 11.8 Å². The maximum atomic E-state index is 5.77. The van der Waals surface area contributed by atoms with E-state index >= 15 is 0 Å². The van der Waals surface area contributed by atoms with Crippen molar-refractivity contribution in [3.63, 3.8) is 0 Å². The van der Waals surface area contributed by atoms with Crippen LogP contribution in [0.15, 0.2) is 42.9 Å². The van der Waals surface area contributed by atoms with Gasteiger partial charge in [-0.05, 0) is 31.5 Å². The third-order valence-corrected chi connectivity index (χ3v) is 3.57. The number of benzene rings is 1. The highest BCUT2D eigenvalue weighted by Gasteiger charge is 2.09. The molecule has 0 fully saturated rings. The number of pyridine rings is 1. The average Bonchev–Trinajstić information content (AvgIpc) is 2.91. The Morgan fingerprint density at radius 3 is 2.86 bits per heavy atom. The van der Waals surface area contributed by atoms with Crippen molar-refractivity contribution >= 4 is 11.0 Å². The molecule has 0 amide bonds. The quantitative estimate of drug-likeness (QED) is 0.717. The van der Waals surface area contributed by atoms with Gasteiger partial charge in [-0.1, -0.05) is 19.1 Å². The Balaban J connectivity index is 1.91. The van der Waals surface area contributed by atoms with E-state index in [1.807, 2.05) is 36.8 Å². The van der Waals surface area contributed by atoms with Gasteiger partial charge >= 0.3 is 0 Å². The van der Waals surface area contributed by atoms with E-state index in [2.05, 4.69) is 34.4 Å². The zero-order valence-electron chi connectivity index (χ0n) is 12.4. The van der Waals surface area contributed by atoms with E-state index in [1.165, 1.54) is 0 Å². The fourth-order valence-electron chi connectivity index (χ4n) is 2.38. The lowest BCUT2D eigenvalue weighted by atomic mass is 10.2. The lowest BCUT2D eigenvalue weighted by Crippen LogP contribution is -2.05. The summed E-state index contributed by atoms with van der Waals surface area (Å²) in [6.07, 6.45) is 4.68. The predicted molar refractivity (Wildman–Crippen MR) is 83.6 cm³/mol. The topological polar surface area (TPSA) is 39.9 Å². The van der Waals surface area contributed by atoms with E-state index in [0.717, 1.165) is 41.1 Å². The Morgan fingerprint density at radius 2 is 2.00 bits per heavy atom. The summed E-state index contributed by atoms with van der Waals surface area (Å²) >= 11 is 0. The smallest absolute Gasteiger partial charge is 0.125 e. The molecule has 0 bridgehead atoms. The van der Waals surface area contributed by atoms with Crippen molar-refractivity contribution in [3.05, 3.63) is 54.1 Å². The van der Waals surface area contributed by atoms with E-state index in [4.69, 9.17) is 4.74 Å². The summed E-state index contributed by atoms with van der Waals surface area (Å²) in [5, 5.41) is 0. The number of nitrogens with zero attached hydrogens (tertiary/aromatic N) is 3. The zero-order chi connectivity index (χ0) is 14.7. The molecule has 4 nitrogen and oxygen atoms in total. The van der Waals surface area contributed by atoms with Gasteiger partial charge in [0.1, 0.15) is 5.75 Å². The minimum atomic E-state index is 0.704. The minimum absolute atomic E-state index is 0.704. The second-order valence-electron chi connectivity index (χ2n) is 5.09. The van der Waals surface area contributed by atoms with Gasteiger partial charge in [0.15, 0.2) is 0 Å². The molecule has 0 aliphatic rings. The number of hydrogen-bond donors (Lipinski definition) is 0. The number of fused-ring (bicyclic) bond motifs is 1. The molecule has 0 saturated carbocycles. The molecule has 0 aliphatic heterocycles. The van der Waals surface area contributed by atoms with Gasteiger partial charge in [-0.25, -0.2) is 4.98 Å². The molecular weight excluding hydrogens is 262 g/mol. The van der Waals surface area contributed by atoms with Crippen LogP contribution in [0.2, 0.25) is 0 Å². The fraction of sp³-hybridized carbons (Fsp3) is 0.294. The largest absolute Gasteiger partial charge is 0.493 e. The molecule has 0 atom stereocenters. The molecule has 2 aromatic heterocycles. The monoisotopic (exact) mass is 281 g/mol. The maximum absolute atomic E-state index is 5.77. The van der Waals surface area contributed by atoms with Crippen LogP contribution in [0.1, 0.15) is 24.6 Å². The van der Waals surface area contributed by atoms with E-state index in [-0.39, 0.29) is 0 Å². The summed E-state index contributed by atoms with van der Waals surface area (Å²) in [7, 11) is 0. The molecule has 0 spiro atoms. The predicted octanol–water partition coefficient (Wildman–Crippen LogP) is 3.58. The van der Waals surface area contributed by atoms with Crippen LogP contribution < -0.4 is 4.74 Å². The zero-order valence-corrected chi connectivity index (χ0v) is 12.4. The van der Waals surface area contributed by atoms with Crippen molar-refractivity contribution in [2.45, 2.75) is 26.8 Å². The molecule has 1 aromatic carbocycles. The number of rotatable bonds is 5. The summed E-state index contributed by atoms with van der Waals surface area (Å²) in [4.78, 5) is 8.92. The Bertz CT molecular complexity index is 749. The molecule has 21 heavy (non-hydrogen) atoms. The maximum Gasteiger partial charge on any atom is 0.125 e. The van der Waals surface area contributed by atoms with E-state index < -0.39 is 0 Å². The SMILES string of the molecule is CCCOc1ccnc(Cn2cnc3ccccc32)c1C. The number of aromatic nitrogens is 3. The van der Waals surface area contributed by atoms with Crippen LogP contribution in [0.5, 0.6) is 5.75 Å². The number of hydrogen-bond acceptors (Lipinski definition) is 3. The minimum Gasteiger partial charge on any atom is -0.493 e. The lowest BCUT2D eigenvalue weighted by molar-refractivity contribution is 0.314. The van der Waals surface area contributed by atoms with Crippen molar-refractivity contribution in [1.29, 1.82) is 0 Å². The molecule has 3 rings (SSSR count). The molecular formula is C17H19N3O. The highest BCUT2D eigenvalue weighted by atomic mass is 16.5. The summed E-state index contributed by atoms with van der Waals surface area (Å²) in [5.41, 5.74) is 4.25. The van der Waals surface area contributed by atoms with Gasteiger partial charge in [-0.15, -0.1) is 0 Å². The van der Waals surface area contributed by atoms with Crippen LogP contribution in [0.3, 0.4) is 0 Å². The van der Waals surface area contributed by atoms with Crippen molar-refractivity contribution in [2.24, 2.45) is 0 Å². The summed E-state index contributed by atoms with van der Waals surface area (Å²) in [6, 6.07) is 10.1. The van der Waals surface area contributed by atoms with Crippen molar-refractivity contribution in [3.8, 4) is 5.75 Å². The Kier molecular flexibility index (Phi) is 3.86. The number of imidazole rings is 1. The van der Waals surface area contributed by atoms with Crippen LogP contribution in [0.25, 0.3) is 11.0 Å². The Hall–Kier alpha value is -2.36. The number of ether oxygens (including phenoxy) is 1. The van der Waals surface area contributed by atoms with Crippen LogP contribution >= 0.6 is 0 Å². The third-order valence-electron chi connectivity index (χ3n) is 3.57.